The number of ether oxygens (including phenoxy) is 3. The van der Waals surface area contributed by atoms with E-state index in [1.165, 1.54) is 25.7 Å². The Balaban J connectivity index is 0.000000374. The van der Waals surface area contributed by atoms with Gasteiger partial charge in [0.25, 0.3) is 0 Å². The van der Waals surface area contributed by atoms with Gasteiger partial charge in [-0.1, -0.05) is 40.5 Å². The van der Waals surface area contributed by atoms with Crippen molar-refractivity contribution in [3.8, 4) is 0 Å². The molecule has 0 aromatic carbocycles. The van der Waals surface area contributed by atoms with E-state index in [1.807, 2.05) is 13.8 Å². The minimum atomic E-state index is -0.0923. The molecule has 3 saturated heterocycles. The van der Waals surface area contributed by atoms with Crippen molar-refractivity contribution >= 4 is 23.5 Å². The van der Waals surface area contributed by atoms with Crippen LogP contribution >= 0.6 is 0 Å². The zero-order chi connectivity index (χ0) is 21.4. The third kappa shape index (κ3) is 13.8. The van der Waals surface area contributed by atoms with Crippen LogP contribution in [0.25, 0.3) is 0 Å². The average Bonchev–Trinajstić information content (AvgIpc) is 3.41. The Hall–Kier alpha value is 0.0748. The van der Waals surface area contributed by atoms with Crippen LogP contribution in [0, 0.1) is 0 Å². The third-order valence-corrected chi connectivity index (χ3v) is 4.64. The Kier molecular flexibility index (Phi) is 15.8. The van der Waals surface area contributed by atoms with Crippen LogP contribution in [0.3, 0.4) is 0 Å². The molecule has 6 heteroatoms. The minimum Gasteiger partial charge on any atom is -0.385 e. The Labute approximate surface area is 174 Å². The molecule has 6 radical (unpaired) electrons. The summed E-state index contributed by atoms with van der Waals surface area (Å²) in [6, 6.07) is -0.0338. The molecule has 0 spiro atoms. The highest BCUT2D eigenvalue weighted by Crippen LogP contribution is 2.21. The molecule has 0 bridgehead atoms. The van der Waals surface area contributed by atoms with Gasteiger partial charge in [-0.25, -0.2) is 0 Å². The molecule has 3 aliphatic heterocycles. The van der Waals surface area contributed by atoms with Crippen molar-refractivity contribution in [2.24, 2.45) is 0 Å². The summed E-state index contributed by atoms with van der Waals surface area (Å²) < 4.78 is 22.8. The Bertz CT molecular complexity index is 327. The number of hydrogen-bond donors (Lipinski definition) is 0. The molecule has 0 N–H and O–H groups in total. The van der Waals surface area contributed by atoms with Gasteiger partial charge in [0.05, 0.1) is 18.3 Å². The van der Waals surface area contributed by atoms with Crippen LogP contribution in [0.4, 0.5) is 0 Å². The Morgan fingerprint density at radius 3 is 1.33 bits per heavy atom. The van der Waals surface area contributed by atoms with Crippen molar-refractivity contribution < 1.29 is 15.6 Å². The quantitative estimate of drug-likeness (QED) is 0.671. The summed E-state index contributed by atoms with van der Waals surface area (Å²) in [5.74, 6) is 0. The first-order valence-corrected chi connectivity index (χ1v) is 11.0. The van der Waals surface area contributed by atoms with Crippen LogP contribution in [-0.2, 0) is 14.2 Å². The smallest absolute Gasteiger partial charge is 0.109 e. The van der Waals surface area contributed by atoms with Crippen molar-refractivity contribution in [3.63, 3.8) is 0 Å². The largest absolute Gasteiger partial charge is 0.385 e. The van der Waals surface area contributed by atoms with Gasteiger partial charge in [-0.3, -0.25) is 0 Å². The highest BCUT2D eigenvalue weighted by Gasteiger charge is 2.20. The van der Waals surface area contributed by atoms with E-state index in [0.29, 0.717) is 19.1 Å². The van der Waals surface area contributed by atoms with Crippen LogP contribution in [0.2, 0.25) is 0 Å². The SMILES string of the molecule is CC.[2H]CC1CCC([B])O1.[B]C1CCC(CCC)O1.[B]C1CCC(CCC)O1. The second-order valence-electron chi connectivity index (χ2n) is 7.20. The van der Waals surface area contributed by atoms with E-state index in [2.05, 4.69) is 13.8 Å². The lowest BCUT2D eigenvalue weighted by Gasteiger charge is -2.08. The van der Waals surface area contributed by atoms with Crippen LogP contribution in [0.15, 0.2) is 0 Å². The first-order valence-electron chi connectivity index (χ1n) is 11.7. The summed E-state index contributed by atoms with van der Waals surface area (Å²) in [5, 5.41) is 0. The molecule has 27 heavy (non-hydrogen) atoms. The monoisotopic (exact) mass is 375 g/mol. The third-order valence-electron chi connectivity index (χ3n) is 4.64. The van der Waals surface area contributed by atoms with Gasteiger partial charge in [-0.2, -0.15) is 0 Å². The molecule has 152 valence electrons. The fourth-order valence-electron chi connectivity index (χ4n) is 3.27. The van der Waals surface area contributed by atoms with Crippen molar-refractivity contribution in [3.05, 3.63) is 0 Å². The van der Waals surface area contributed by atoms with E-state index in [4.69, 9.17) is 39.1 Å². The van der Waals surface area contributed by atoms with Crippen LogP contribution in [0.1, 0.15) is 100 Å². The maximum absolute atomic E-state index is 6.91. The summed E-state index contributed by atoms with van der Waals surface area (Å²) in [6.45, 7) is 8.70. The molecule has 0 saturated carbocycles. The van der Waals surface area contributed by atoms with E-state index >= 15 is 0 Å². The molecule has 3 nitrogen and oxygen atoms in total. The Morgan fingerprint density at radius 2 is 1.11 bits per heavy atom. The van der Waals surface area contributed by atoms with E-state index < -0.39 is 0 Å². The summed E-state index contributed by atoms with van der Waals surface area (Å²) in [6.07, 6.45) is 12.1. The molecule has 6 unspecified atom stereocenters. The molecule has 0 amide bonds. The second-order valence-corrected chi connectivity index (χ2v) is 7.20. The summed E-state index contributed by atoms with van der Waals surface area (Å²) in [4.78, 5) is 0. The van der Waals surface area contributed by atoms with Crippen molar-refractivity contribution in [1.82, 2.24) is 0 Å². The average molecular weight is 375 g/mol. The highest BCUT2D eigenvalue weighted by molar-refractivity contribution is 6.11. The van der Waals surface area contributed by atoms with Crippen LogP contribution in [0.5, 0.6) is 0 Å². The lowest BCUT2D eigenvalue weighted by Crippen LogP contribution is -2.09. The maximum Gasteiger partial charge on any atom is 0.109 e. The lowest BCUT2D eigenvalue weighted by atomic mass is 9.97. The lowest BCUT2D eigenvalue weighted by molar-refractivity contribution is 0.0815. The highest BCUT2D eigenvalue weighted by atomic mass is 16.5. The molecule has 3 rings (SSSR count). The second kappa shape index (κ2) is 17.0. The van der Waals surface area contributed by atoms with E-state index in [1.54, 1.807) is 0 Å². The van der Waals surface area contributed by atoms with Gasteiger partial charge < -0.3 is 14.2 Å². The van der Waals surface area contributed by atoms with Crippen molar-refractivity contribution in [2.45, 2.75) is 135 Å². The molecule has 3 heterocycles. The molecular weight excluding hydrogens is 333 g/mol. The molecule has 0 aliphatic carbocycles. The number of rotatable bonds is 4. The molecule has 0 aromatic heterocycles. The first kappa shape index (κ1) is 25.1. The fourth-order valence-corrected chi connectivity index (χ4v) is 3.27. The molecule has 0 aromatic rings. The van der Waals surface area contributed by atoms with Gasteiger partial charge in [0.2, 0.25) is 0 Å². The standard InChI is InChI=1S/2C7H13BO.C5H9BO.C2H6/c2*1-2-3-6-4-5-7(8)9-6;1-4-2-3-5(6)7-4;1-2/h2*6-7H,2-5H2,1H3;4-5H,2-3H2,1H3;1-2H3/i;;1D;. The molecule has 3 aliphatic rings. The topological polar surface area (TPSA) is 27.7 Å². The van der Waals surface area contributed by atoms with Gasteiger partial charge >= 0.3 is 0 Å². The minimum absolute atomic E-state index is 0.0292. The summed E-state index contributed by atoms with van der Waals surface area (Å²) >= 11 is 0. The predicted octanol–water partition coefficient (Wildman–Crippen LogP) is 4.63. The number of hydrogen-bond acceptors (Lipinski definition) is 3. The summed E-state index contributed by atoms with van der Waals surface area (Å²) in [7, 11) is 16.5. The zero-order valence-corrected chi connectivity index (χ0v) is 18.2. The Morgan fingerprint density at radius 1 is 0.704 bits per heavy atom. The fraction of sp³-hybridized carbons (Fsp3) is 1.00. The normalized spacial score (nSPS) is 35.0. The zero-order valence-electron chi connectivity index (χ0n) is 19.2. The van der Waals surface area contributed by atoms with Crippen molar-refractivity contribution in [1.29, 1.82) is 0 Å². The van der Waals surface area contributed by atoms with Gasteiger partial charge in [0.1, 0.15) is 23.5 Å². The van der Waals surface area contributed by atoms with Crippen LogP contribution < -0.4 is 0 Å². The summed E-state index contributed by atoms with van der Waals surface area (Å²) in [5.41, 5.74) is 0. The predicted molar refractivity (Wildman–Crippen MR) is 118 cm³/mol. The van der Waals surface area contributed by atoms with Gasteiger partial charge in [0, 0.05) is 19.4 Å². The van der Waals surface area contributed by atoms with Crippen LogP contribution in [-0.4, -0.2) is 59.9 Å². The van der Waals surface area contributed by atoms with E-state index in [0.717, 1.165) is 38.5 Å². The molecular formula is C21H41B3O3. The first-order chi connectivity index (χ1) is 13.5. The van der Waals surface area contributed by atoms with Gasteiger partial charge in [-0.15, -0.1) is 0 Å². The van der Waals surface area contributed by atoms with Gasteiger partial charge in [-0.05, 0) is 58.3 Å². The van der Waals surface area contributed by atoms with E-state index in [-0.39, 0.29) is 24.1 Å². The molecule has 6 atom stereocenters. The van der Waals surface area contributed by atoms with E-state index in [9.17, 15) is 0 Å². The van der Waals surface area contributed by atoms with Crippen molar-refractivity contribution in [2.75, 3.05) is 0 Å². The maximum atomic E-state index is 6.91. The molecule has 3 fully saturated rings. The van der Waals surface area contributed by atoms with Gasteiger partial charge in [0.15, 0.2) is 0 Å².